The van der Waals surface area contributed by atoms with Crippen molar-refractivity contribution in [2.75, 3.05) is 0 Å². The van der Waals surface area contributed by atoms with Crippen LogP contribution in [0.4, 0.5) is 0 Å². The van der Waals surface area contributed by atoms with Crippen LogP contribution in [0.2, 0.25) is 0 Å². The molecule has 0 atom stereocenters. The summed E-state index contributed by atoms with van der Waals surface area (Å²) in [6.45, 7) is 4.69. The van der Waals surface area contributed by atoms with Gasteiger partial charge >= 0.3 is 0 Å². The van der Waals surface area contributed by atoms with Crippen LogP contribution < -0.4 is 0 Å². The van der Waals surface area contributed by atoms with E-state index in [4.69, 9.17) is 0 Å². The lowest BCUT2D eigenvalue weighted by molar-refractivity contribution is 0.666. The fraction of sp³-hybridized carbons (Fsp3) is 0.0909. The van der Waals surface area contributed by atoms with Gasteiger partial charge in [0.1, 0.15) is 6.07 Å². The Morgan fingerprint density at radius 2 is 1.58 bits per heavy atom. The molecule has 0 radical (unpaired) electrons. The molecular weight excluding hydrogens is 438 g/mol. The molecule has 3 nitrogen and oxygen atoms in total. The van der Waals surface area contributed by atoms with E-state index in [-0.39, 0.29) is 5.41 Å². The molecule has 6 aromatic rings. The summed E-state index contributed by atoms with van der Waals surface area (Å²) in [5, 5.41) is 11.9. The number of para-hydroxylation sites is 1. The van der Waals surface area contributed by atoms with Crippen LogP contribution in [0.15, 0.2) is 103 Å². The van der Waals surface area contributed by atoms with Gasteiger partial charge in [0, 0.05) is 39.8 Å². The molecule has 0 N–H and O–H groups in total. The van der Waals surface area contributed by atoms with E-state index in [0.29, 0.717) is 5.56 Å². The first-order valence-corrected chi connectivity index (χ1v) is 12.2. The summed E-state index contributed by atoms with van der Waals surface area (Å²) in [6.07, 6.45) is 3.42. The number of nitriles is 1. The number of nitrogens with zero attached hydrogens (tertiary/aromatic N) is 3. The van der Waals surface area contributed by atoms with Crippen molar-refractivity contribution in [3.8, 4) is 34.0 Å². The van der Waals surface area contributed by atoms with Crippen LogP contribution in [0, 0.1) is 11.3 Å². The van der Waals surface area contributed by atoms with Crippen LogP contribution >= 0.6 is 0 Å². The second kappa shape index (κ2) is 7.41. The van der Waals surface area contributed by atoms with Crippen molar-refractivity contribution in [2.45, 2.75) is 19.3 Å². The predicted molar refractivity (Wildman–Crippen MR) is 146 cm³/mol. The Hall–Kier alpha value is -4.68. The van der Waals surface area contributed by atoms with Gasteiger partial charge in [-0.25, -0.2) is 0 Å². The Bertz CT molecular complexity index is 1880. The summed E-state index contributed by atoms with van der Waals surface area (Å²) >= 11 is 0. The summed E-state index contributed by atoms with van der Waals surface area (Å²) in [5.41, 5.74) is 11.4. The standard InChI is InChI=1S/C33H23N3/c1-33(2)28-12-5-3-10-25(28)26-14-15-30-31(32(26)33)27-11-4-6-13-29(27)36(30)24-9-7-8-22(17-24)23-16-21(18-34)19-35-20-23/h3-17,19-20H,1-2H3. The summed E-state index contributed by atoms with van der Waals surface area (Å²) in [6, 6.07) is 34.7. The Morgan fingerprint density at radius 3 is 2.47 bits per heavy atom. The van der Waals surface area contributed by atoms with Crippen LogP contribution in [0.1, 0.15) is 30.5 Å². The highest BCUT2D eigenvalue weighted by molar-refractivity contribution is 6.14. The minimum atomic E-state index is -0.0916. The number of rotatable bonds is 2. The Balaban J connectivity index is 1.54. The van der Waals surface area contributed by atoms with E-state index in [2.05, 4.69) is 114 Å². The summed E-state index contributed by atoms with van der Waals surface area (Å²) < 4.78 is 2.37. The largest absolute Gasteiger partial charge is 0.309 e. The van der Waals surface area contributed by atoms with Gasteiger partial charge in [-0.2, -0.15) is 5.26 Å². The molecule has 7 rings (SSSR count). The van der Waals surface area contributed by atoms with Crippen LogP contribution in [-0.4, -0.2) is 9.55 Å². The third kappa shape index (κ3) is 2.76. The fourth-order valence-corrected chi connectivity index (χ4v) is 6.09. The van der Waals surface area contributed by atoms with E-state index in [0.717, 1.165) is 16.8 Å². The van der Waals surface area contributed by atoms with Crippen LogP contribution in [0.25, 0.3) is 49.7 Å². The third-order valence-electron chi connectivity index (χ3n) is 7.66. The Labute approximate surface area is 209 Å². The van der Waals surface area contributed by atoms with Gasteiger partial charge in [0.2, 0.25) is 0 Å². The SMILES string of the molecule is CC1(C)c2ccccc2-c2ccc3c(c21)c1ccccc1n3-c1cccc(-c2cncc(C#N)c2)c1. The molecule has 0 fully saturated rings. The van der Waals surface area contributed by atoms with E-state index in [9.17, 15) is 5.26 Å². The maximum absolute atomic E-state index is 9.34. The number of aromatic nitrogens is 2. The van der Waals surface area contributed by atoms with Gasteiger partial charge in [0.15, 0.2) is 0 Å². The highest BCUT2D eigenvalue weighted by atomic mass is 15.0. The first-order chi connectivity index (χ1) is 17.6. The number of hydrogen-bond donors (Lipinski definition) is 0. The van der Waals surface area contributed by atoms with E-state index in [1.54, 1.807) is 6.20 Å². The summed E-state index contributed by atoms with van der Waals surface area (Å²) in [5.74, 6) is 0. The van der Waals surface area contributed by atoms with Gasteiger partial charge in [-0.1, -0.05) is 74.5 Å². The number of benzene rings is 4. The molecule has 0 bridgehead atoms. The van der Waals surface area contributed by atoms with E-state index in [1.807, 2.05) is 12.3 Å². The van der Waals surface area contributed by atoms with Crippen LogP contribution in [0.3, 0.4) is 0 Å². The zero-order valence-corrected chi connectivity index (χ0v) is 20.2. The zero-order valence-electron chi connectivity index (χ0n) is 20.2. The lowest BCUT2D eigenvalue weighted by Gasteiger charge is -2.22. The van der Waals surface area contributed by atoms with Crippen molar-refractivity contribution in [1.82, 2.24) is 9.55 Å². The third-order valence-corrected chi connectivity index (χ3v) is 7.66. The van der Waals surface area contributed by atoms with Crippen molar-refractivity contribution in [3.05, 3.63) is 120 Å². The van der Waals surface area contributed by atoms with Gasteiger partial charge in [-0.05, 0) is 58.1 Å². The molecule has 2 heterocycles. The van der Waals surface area contributed by atoms with Crippen molar-refractivity contribution in [2.24, 2.45) is 0 Å². The van der Waals surface area contributed by atoms with E-state index < -0.39 is 0 Å². The lowest BCUT2D eigenvalue weighted by atomic mass is 9.80. The molecule has 1 aliphatic rings. The van der Waals surface area contributed by atoms with E-state index >= 15 is 0 Å². The molecule has 0 unspecified atom stereocenters. The average molecular weight is 462 g/mol. The summed E-state index contributed by atoms with van der Waals surface area (Å²) in [7, 11) is 0. The minimum absolute atomic E-state index is 0.0916. The Kier molecular flexibility index (Phi) is 4.25. The fourth-order valence-electron chi connectivity index (χ4n) is 6.09. The van der Waals surface area contributed by atoms with Gasteiger partial charge in [-0.15, -0.1) is 0 Å². The maximum Gasteiger partial charge on any atom is 0.101 e. The van der Waals surface area contributed by atoms with Crippen LogP contribution in [0.5, 0.6) is 0 Å². The van der Waals surface area contributed by atoms with Gasteiger partial charge in [0.05, 0.1) is 16.6 Å². The molecule has 36 heavy (non-hydrogen) atoms. The average Bonchev–Trinajstić information content (AvgIpc) is 3.38. The maximum atomic E-state index is 9.34. The smallest absolute Gasteiger partial charge is 0.101 e. The second-order valence-electron chi connectivity index (χ2n) is 10.0. The molecule has 0 saturated heterocycles. The van der Waals surface area contributed by atoms with Crippen molar-refractivity contribution in [3.63, 3.8) is 0 Å². The first kappa shape index (κ1) is 20.7. The number of pyridine rings is 1. The molecule has 4 aromatic carbocycles. The summed E-state index contributed by atoms with van der Waals surface area (Å²) in [4.78, 5) is 4.27. The molecule has 2 aromatic heterocycles. The highest BCUT2D eigenvalue weighted by Crippen LogP contribution is 2.53. The number of fused-ring (bicyclic) bond motifs is 7. The number of hydrogen-bond acceptors (Lipinski definition) is 2. The quantitative estimate of drug-likeness (QED) is 0.262. The molecule has 0 amide bonds. The van der Waals surface area contributed by atoms with Crippen molar-refractivity contribution >= 4 is 21.8 Å². The van der Waals surface area contributed by atoms with Crippen LogP contribution in [-0.2, 0) is 5.41 Å². The monoisotopic (exact) mass is 461 g/mol. The van der Waals surface area contributed by atoms with Gasteiger partial charge < -0.3 is 4.57 Å². The van der Waals surface area contributed by atoms with Crippen molar-refractivity contribution in [1.29, 1.82) is 5.26 Å². The van der Waals surface area contributed by atoms with Gasteiger partial charge in [0.25, 0.3) is 0 Å². The molecule has 1 aliphatic carbocycles. The molecule has 0 saturated carbocycles. The molecule has 0 aliphatic heterocycles. The molecule has 3 heteroatoms. The Morgan fingerprint density at radius 1 is 0.750 bits per heavy atom. The topological polar surface area (TPSA) is 41.6 Å². The second-order valence-corrected chi connectivity index (χ2v) is 10.0. The normalized spacial score (nSPS) is 13.5. The molecular formula is C33H23N3. The molecule has 170 valence electrons. The minimum Gasteiger partial charge on any atom is -0.309 e. The lowest BCUT2D eigenvalue weighted by Crippen LogP contribution is -2.15. The first-order valence-electron chi connectivity index (χ1n) is 12.2. The van der Waals surface area contributed by atoms with Crippen molar-refractivity contribution < 1.29 is 0 Å². The zero-order chi connectivity index (χ0) is 24.4. The highest BCUT2D eigenvalue weighted by Gasteiger charge is 2.37. The predicted octanol–water partition coefficient (Wildman–Crippen LogP) is 8.02. The van der Waals surface area contributed by atoms with Gasteiger partial charge in [-0.3, -0.25) is 4.98 Å². The molecule has 0 spiro atoms. The van der Waals surface area contributed by atoms with E-state index in [1.165, 1.54) is 44.1 Å².